The van der Waals surface area contributed by atoms with Gasteiger partial charge in [-0.15, -0.1) is 0 Å². The number of ether oxygens (including phenoxy) is 1. The van der Waals surface area contributed by atoms with Crippen LogP contribution in [0.15, 0.2) is 11.1 Å². The number of esters is 1. The Bertz CT molecular complexity index is 216. The molecule has 0 radical (unpaired) electrons. The molecule has 0 saturated heterocycles. The van der Waals surface area contributed by atoms with Crippen molar-refractivity contribution in [2.45, 2.75) is 33.3 Å². The van der Waals surface area contributed by atoms with Crippen LogP contribution < -0.4 is 0 Å². The van der Waals surface area contributed by atoms with E-state index in [1.807, 2.05) is 13.8 Å². The molecule has 82 valence electrons. The molecule has 0 saturated carbocycles. The lowest BCUT2D eigenvalue weighted by Crippen LogP contribution is -2.17. The van der Waals surface area contributed by atoms with Crippen molar-refractivity contribution in [3.8, 4) is 0 Å². The van der Waals surface area contributed by atoms with E-state index < -0.39 is 6.10 Å². The number of rotatable bonds is 5. The van der Waals surface area contributed by atoms with Crippen LogP contribution in [-0.2, 0) is 9.53 Å². The summed E-state index contributed by atoms with van der Waals surface area (Å²) in [5, 5.41) is 17.5. The molecular formula is C10H18O4. The Hall–Kier alpha value is -0.870. The van der Waals surface area contributed by atoms with Gasteiger partial charge in [0.1, 0.15) is 0 Å². The summed E-state index contributed by atoms with van der Waals surface area (Å²) in [6.07, 6.45) is -0.548. The van der Waals surface area contributed by atoms with E-state index in [2.05, 4.69) is 0 Å². The number of carbonyl (C=O) groups excluding carboxylic acids is 1. The average Bonchev–Trinajstić information content (AvgIpc) is 2.15. The molecule has 4 heteroatoms. The lowest BCUT2D eigenvalue weighted by Gasteiger charge is -2.08. The molecule has 14 heavy (non-hydrogen) atoms. The van der Waals surface area contributed by atoms with Gasteiger partial charge in [-0.3, -0.25) is 0 Å². The number of carbonyl (C=O) groups is 1. The maximum Gasteiger partial charge on any atom is 0.333 e. The summed E-state index contributed by atoms with van der Waals surface area (Å²) in [6.45, 7) is 5.18. The van der Waals surface area contributed by atoms with Gasteiger partial charge in [-0.05, 0) is 20.8 Å². The van der Waals surface area contributed by atoms with Gasteiger partial charge in [-0.2, -0.15) is 0 Å². The van der Waals surface area contributed by atoms with Gasteiger partial charge >= 0.3 is 5.97 Å². The molecule has 0 aliphatic heterocycles. The molecule has 0 spiro atoms. The maximum atomic E-state index is 11.2. The monoisotopic (exact) mass is 202 g/mol. The van der Waals surface area contributed by atoms with Crippen molar-refractivity contribution in [2.75, 3.05) is 13.2 Å². The van der Waals surface area contributed by atoms with Crippen LogP contribution in [0.2, 0.25) is 0 Å². The summed E-state index contributed by atoms with van der Waals surface area (Å²) in [5.74, 6) is -0.366. The molecule has 0 aliphatic carbocycles. The Morgan fingerprint density at radius 2 is 1.93 bits per heavy atom. The first-order chi connectivity index (χ1) is 6.49. The summed E-state index contributed by atoms with van der Waals surface area (Å²) < 4.78 is 4.87. The summed E-state index contributed by atoms with van der Waals surface area (Å²) in [4.78, 5) is 11.2. The van der Waals surface area contributed by atoms with E-state index in [-0.39, 0.29) is 25.6 Å². The highest BCUT2D eigenvalue weighted by molar-refractivity contribution is 5.88. The van der Waals surface area contributed by atoms with Crippen LogP contribution in [0.3, 0.4) is 0 Å². The number of hydrogen-bond donors (Lipinski definition) is 2. The minimum Gasteiger partial charge on any atom is -0.462 e. The fraction of sp³-hybridized carbons (Fsp3) is 0.700. The molecule has 0 bridgehead atoms. The minimum absolute atomic E-state index is 0.130. The standard InChI is InChI=1S/C10H18O4/c1-7(2)8(3)10(13)14-5-4-9(12)6-11/h9,11-12H,4-6H2,1-3H3. The number of aliphatic hydroxyl groups excluding tert-OH is 2. The predicted molar refractivity (Wildman–Crippen MR) is 52.7 cm³/mol. The first-order valence-corrected chi connectivity index (χ1v) is 4.59. The second kappa shape index (κ2) is 6.56. The first kappa shape index (κ1) is 13.1. The Morgan fingerprint density at radius 3 is 2.36 bits per heavy atom. The molecule has 0 heterocycles. The van der Waals surface area contributed by atoms with Crippen LogP contribution in [-0.4, -0.2) is 35.5 Å². The van der Waals surface area contributed by atoms with Crippen LogP contribution in [0.4, 0.5) is 0 Å². The van der Waals surface area contributed by atoms with E-state index in [9.17, 15) is 4.79 Å². The van der Waals surface area contributed by atoms with Crippen molar-refractivity contribution in [3.63, 3.8) is 0 Å². The third kappa shape index (κ3) is 4.99. The second-order valence-electron chi connectivity index (χ2n) is 3.39. The van der Waals surface area contributed by atoms with Crippen LogP contribution in [0.25, 0.3) is 0 Å². The van der Waals surface area contributed by atoms with Crippen LogP contribution in [0, 0.1) is 0 Å². The zero-order chi connectivity index (χ0) is 11.1. The van der Waals surface area contributed by atoms with Gasteiger partial charge in [-0.25, -0.2) is 4.79 Å². The Labute approximate surface area is 84.2 Å². The molecule has 2 N–H and O–H groups in total. The molecule has 4 nitrogen and oxygen atoms in total. The van der Waals surface area contributed by atoms with E-state index in [1.165, 1.54) is 0 Å². The van der Waals surface area contributed by atoms with Crippen molar-refractivity contribution in [1.29, 1.82) is 0 Å². The van der Waals surface area contributed by atoms with E-state index in [0.29, 0.717) is 5.57 Å². The molecular weight excluding hydrogens is 184 g/mol. The van der Waals surface area contributed by atoms with Crippen LogP contribution in [0.5, 0.6) is 0 Å². The highest BCUT2D eigenvalue weighted by Gasteiger charge is 2.08. The fourth-order valence-electron chi connectivity index (χ4n) is 0.691. The number of aliphatic hydroxyl groups is 2. The second-order valence-corrected chi connectivity index (χ2v) is 3.39. The van der Waals surface area contributed by atoms with Crippen LogP contribution >= 0.6 is 0 Å². The minimum atomic E-state index is -0.810. The fourth-order valence-corrected chi connectivity index (χ4v) is 0.691. The Kier molecular flexibility index (Phi) is 6.16. The van der Waals surface area contributed by atoms with E-state index >= 15 is 0 Å². The Balaban J connectivity index is 3.82. The van der Waals surface area contributed by atoms with Gasteiger partial charge in [0.2, 0.25) is 0 Å². The molecule has 1 atom stereocenters. The molecule has 0 rings (SSSR count). The van der Waals surface area contributed by atoms with Crippen LogP contribution in [0.1, 0.15) is 27.2 Å². The van der Waals surface area contributed by atoms with Gasteiger partial charge in [0.15, 0.2) is 0 Å². The van der Waals surface area contributed by atoms with Gasteiger partial charge in [0, 0.05) is 12.0 Å². The van der Waals surface area contributed by atoms with E-state index in [0.717, 1.165) is 5.57 Å². The molecule has 0 aliphatic rings. The molecule has 1 unspecified atom stereocenters. The maximum absolute atomic E-state index is 11.2. The molecule has 0 fully saturated rings. The lowest BCUT2D eigenvalue weighted by molar-refractivity contribution is -0.139. The highest BCUT2D eigenvalue weighted by atomic mass is 16.5. The number of allylic oxidation sites excluding steroid dienone is 1. The largest absolute Gasteiger partial charge is 0.462 e. The van der Waals surface area contributed by atoms with E-state index in [1.54, 1.807) is 6.92 Å². The topological polar surface area (TPSA) is 66.8 Å². The smallest absolute Gasteiger partial charge is 0.333 e. The summed E-state index contributed by atoms with van der Waals surface area (Å²) in [6, 6.07) is 0. The first-order valence-electron chi connectivity index (χ1n) is 4.59. The van der Waals surface area contributed by atoms with E-state index in [4.69, 9.17) is 14.9 Å². The molecule has 0 aromatic rings. The van der Waals surface area contributed by atoms with Crippen molar-refractivity contribution >= 4 is 5.97 Å². The van der Waals surface area contributed by atoms with Gasteiger partial charge in [-0.1, -0.05) is 5.57 Å². The molecule has 0 amide bonds. The number of hydrogen-bond acceptors (Lipinski definition) is 4. The van der Waals surface area contributed by atoms with Crippen molar-refractivity contribution < 1.29 is 19.7 Å². The summed E-state index contributed by atoms with van der Waals surface area (Å²) >= 11 is 0. The summed E-state index contributed by atoms with van der Waals surface area (Å²) in [7, 11) is 0. The van der Waals surface area contributed by atoms with Gasteiger partial charge in [0.25, 0.3) is 0 Å². The Morgan fingerprint density at radius 1 is 1.36 bits per heavy atom. The van der Waals surface area contributed by atoms with Crippen molar-refractivity contribution in [2.24, 2.45) is 0 Å². The van der Waals surface area contributed by atoms with Crippen molar-refractivity contribution in [3.05, 3.63) is 11.1 Å². The SMILES string of the molecule is CC(C)=C(C)C(=O)OCCC(O)CO. The molecule has 0 aromatic heterocycles. The quantitative estimate of drug-likeness (QED) is 0.507. The molecule has 0 aromatic carbocycles. The third-order valence-corrected chi connectivity index (χ3v) is 1.95. The average molecular weight is 202 g/mol. The lowest BCUT2D eigenvalue weighted by atomic mass is 10.2. The summed E-state index contributed by atoms with van der Waals surface area (Å²) in [5.41, 5.74) is 1.50. The predicted octanol–water partition coefficient (Wildman–Crippen LogP) is 0.629. The normalized spacial score (nSPS) is 12.1. The third-order valence-electron chi connectivity index (χ3n) is 1.95. The van der Waals surface area contributed by atoms with Gasteiger partial charge < -0.3 is 14.9 Å². The zero-order valence-corrected chi connectivity index (χ0v) is 8.91. The van der Waals surface area contributed by atoms with Crippen molar-refractivity contribution in [1.82, 2.24) is 0 Å². The zero-order valence-electron chi connectivity index (χ0n) is 8.91. The highest BCUT2D eigenvalue weighted by Crippen LogP contribution is 2.04. The van der Waals surface area contributed by atoms with Gasteiger partial charge in [0.05, 0.1) is 19.3 Å².